The van der Waals surface area contributed by atoms with Crippen molar-refractivity contribution in [1.82, 2.24) is 19.8 Å². The summed E-state index contributed by atoms with van der Waals surface area (Å²) in [6.45, 7) is 4.52. The molecule has 2 fully saturated rings. The third-order valence-electron chi connectivity index (χ3n) is 5.48. The lowest BCUT2D eigenvalue weighted by atomic mass is 9.85. The average molecular weight is 350 g/mol. The molecule has 6 heteroatoms. The average Bonchev–Trinajstić information content (AvgIpc) is 3.22. The number of hydrogen-bond donors (Lipinski definition) is 0. The van der Waals surface area contributed by atoms with Gasteiger partial charge in [-0.3, -0.25) is 14.6 Å². The highest BCUT2D eigenvalue weighted by Gasteiger charge is 2.51. The number of amides is 2. The van der Waals surface area contributed by atoms with Crippen molar-refractivity contribution >= 4 is 11.8 Å². The molecule has 1 atom stereocenters. The minimum absolute atomic E-state index is 0.139. The molecular formula is C20H22N4O2. The first-order chi connectivity index (χ1) is 12.6. The van der Waals surface area contributed by atoms with Crippen LogP contribution in [0.3, 0.4) is 0 Å². The second kappa shape index (κ2) is 6.52. The van der Waals surface area contributed by atoms with Gasteiger partial charge in [-0.1, -0.05) is 29.8 Å². The van der Waals surface area contributed by atoms with Crippen LogP contribution in [0.4, 0.5) is 0 Å². The molecule has 2 amide bonds. The van der Waals surface area contributed by atoms with Crippen LogP contribution in [0.2, 0.25) is 0 Å². The van der Waals surface area contributed by atoms with E-state index in [0.29, 0.717) is 25.3 Å². The van der Waals surface area contributed by atoms with Gasteiger partial charge in [-0.05, 0) is 25.3 Å². The number of hydrogen-bond acceptors (Lipinski definition) is 4. The van der Waals surface area contributed by atoms with Crippen LogP contribution in [0.5, 0.6) is 0 Å². The number of nitrogens with zero attached hydrogens (tertiary/aromatic N) is 4. The molecule has 2 saturated heterocycles. The summed E-state index contributed by atoms with van der Waals surface area (Å²) in [5.74, 6) is 0.0355. The fraction of sp³-hybridized carbons (Fsp3) is 0.400. The van der Waals surface area contributed by atoms with Crippen LogP contribution in [0, 0.1) is 12.3 Å². The normalized spacial score (nSPS) is 22.4. The maximum Gasteiger partial charge on any atom is 0.274 e. The molecule has 0 saturated carbocycles. The maximum atomic E-state index is 13.1. The highest BCUT2D eigenvalue weighted by atomic mass is 16.2. The molecule has 1 aromatic carbocycles. The highest BCUT2D eigenvalue weighted by Crippen LogP contribution is 2.41. The van der Waals surface area contributed by atoms with Crippen LogP contribution in [0.1, 0.15) is 34.5 Å². The van der Waals surface area contributed by atoms with Crippen molar-refractivity contribution in [3.05, 3.63) is 59.7 Å². The topological polar surface area (TPSA) is 66.4 Å². The molecule has 4 rings (SSSR count). The smallest absolute Gasteiger partial charge is 0.274 e. The van der Waals surface area contributed by atoms with E-state index in [0.717, 1.165) is 24.9 Å². The Balaban J connectivity index is 1.45. The molecule has 1 aromatic heterocycles. The van der Waals surface area contributed by atoms with Crippen molar-refractivity contribution in [2.45, 2.75) is 26.3 Å². The Bertz CT molecular complexity index is 839. The lowest BCUT2D eigenvalue weighted by Crippen LogP contribution is -2.38. The molecular weight excluding hydrogens is 328 g/mol. The third kappa shape index (κ3) is 2.96. The van der Waals surface area contributed by atoms with Gasteiger partial charge in [0, 0.05) is 38.6 Å². The molecule has 0 bridgehead atoms. The number of benzene rings is 1. The van der Waals surface area contributed by atoms with Gasteiger partial charge < -0.3 is 9.80 Å². The summed E-state index contributed by atoms with van der Waals surface area (Å²) < 4.78 is 0. The maximum absolute atomic E-state index is 13.1. The molecule has 6 nitrogen and oxygen atoms in total. The molecule has 3 heterocycles. The van der Waals surface area contributed by atoms with Crippen molar-refractivity contribution in [3.8, 4) is 0 Å². The van der Waals surface area contributed by atoms with Gasteiger partial charge in [0.05, 0.1) is 11.6 Å². The van der Waals surface area contributed by atoms with E-state index in [1.807, 2.05) is 11.0 Å². The standard InChI is InChI=1S/C20H22N4O2/c1-15-3-2-4-16(11-15)13-23-9-5-20(19(23)26)6-10-24(14-20)18(25)17-12-21-7-8-22-17/h2-4,7-8,11-12H,5-6,9-10,13-14H2,1H3. The number of carbonyl (C=O) groups excluding carboxylic acids is 2. The highest BCUT2D eigenvalue weighted by molar-refractivity contribution is 5.93. The molecule has 2 aliphatic heterocycles. The van der Waals surface area contributed by atoms with Crippen molar-refractivity contribution in [1.29, 1.82) is 0 Å². The minimum Gasteiger partial charge on any atom is -0.338 e. The van der Waals surface area contributed by atoms with Crippen LogP contribution >= 0.6 is 0 Å². The first-order valence-electron chi connectivity index (χ1n) is 8.98. The Kier molecular flexibility index (Phi) is 4.18. The van der Waals surface area contributed by atoms with Crippen LogP contribution in [0.15, 0.2) is 42.9 Å². The monoisotopic (exact) mass is 350 g/mol. The van der Waals surface area contributed by atoms with Crippen LogP contribution < -0.4 is 0 Å². The number of likely N-dealkylation sites (tertiary alicyclic amines) is 2. The van der Waals surface area contributed by atoms with E-state index in [1.165, 1.54) is 18.0 Å². The van der Waals surface area contributed by atoms with Gasteiger partial charge in [-0.2, -0.15) is 0 Å². The molecule has 134 valence electrons. The Labute approximate surface area is 152 Å². The molecule has 26 heavy (non-hydrogen) atoms. The molecule has 0 aliphatic carbocycles. The lowest BCUT2D eigenvalue weighted by molar-refractivity contribution is -0.135. The summed E-state index contributed by atoms with van der Waals surface area (Å²) in [7, 11) is 0. The minimum atomic E-state index is -0.429. The van der Waals surface area contributed by atoms with Crippen molar-refractivity contribution < 1.29 is 9.59 Å². The number of rotatable bonds is 3. The van der Waals surface area contributed by atoms with Gasteiger partial charge in [0.25, 0.3) is 5.91 Å². The Morgan fingerprint density at radius 1 is 1.23 bits per heavy atom. The van der Waals surface area contributed by atoms with Crippen LogP contribution in [0.25, 0.3) is 0 Å². The van der Waals surface area contributed by atoms with E-state index in [-0.39, 0.29) is 11.8 Å². The van der Waals surface area contributed by atoms with Gasteiger partial charge in [-0.25, -0.2) is 4.98 Å². The fourth-order valence-corrected chi connectivity index (χ4v) is 4.07. The van der Waals surface area contributed by atoms with E-state index < -0.39 is 5.41 Å². The predicted octanol–water partition coefficient (Wildman–Crippen LogP) is 2.05. The largest absolute Gasteiger partial charge is 0.338 e. The number of aromatic nitrogens is 2. The zero-order chi connectivity index (χ0) is 18.1. The van der Waals surface area contributed by atoms with E-state index in [4.69, 9.17) is 0 Å². The third-order valence-corrected chi connectivity index (χ3v) is 5.48. The number of carbonyl (C=O) groups is 2. The van der Waals surface area contributed by atoms with Crippen molar-refractivity contribution in [2.75, 3.05) is 19.6 Å². The Morgan fingerprint density at radius 2 is 2.08 bits per heavy atom. The SMILES string of the molecule is Cc1cccc(CN2CCC3(CCN(C(=O)c4cnccn4)C3)C2=O)c1. The summed E-state index contributed by atoms with van der Waals surface area (Å²) in [6, 6.07) is 8.27. The first-order valence-corrected chi connectivity index (χ1v) is 8.98. The summed E-state index contributed by atoms with van der Waals surface area (Å²) in [5.41, 5.74) is 2.26. The predicted molar refractivity (Wildman–Crippen MR) is 96.2 cm³/mol. The van der Waals surface area contributed by atoms with Gasteiger partial charge in [-0.15, -0.1) is 0 Å². The van der Waals surface area contributed by atoms with Crippen LogP contribution in [-0.4, -0.2) is 51.2 Å². The zero-order valence-corrected chi connectivity index (χ0v) is 14.9. The molecule has 1 spiro atoms. The van der Waals surface area contributed by atoms with Crippen LogP contribution in [-0.2, 0) is 11.3 Å². The lowest BCUT2D eigenvalue weighted by Gasteiger charge is -2.23. The van der Waals surface area contributed by atoms with Gasteiger partial charge in [0.1, 0.15) is 5.69 Å². The molecule has 0 radical (unpaired) electrons. The van der Waals surface area contributed by atoms with Gasteiger partial charge in [0.2, 0.25) is 5.91 Å². The Hall–Kier alpha value is -2.76. The summed E-state index contributed by atoms with van der Waals surface area (Å²) in [5, 5.41) is 0. The number of aryl methyl sites for hydroxylation is 1. The first kappa shape index (κ1) is 16.7. The van der Waals surface area contributed by atoms with Crippen molar-refractivity contribution in [3.63, 3.8) is 0 Å². The summed E-state index contributed by atoms with van der Waals surface area (Å²) in [6.07, 6.45) is 6.08. The quantitative estimate of drug-likeness (QED) is 0.850. The van der Waals surface area contributed by atoms with Gasteiger partial charge >= 0.3 is 0 Å². The summed E-state index contributed by atoms with van der Waals surface area (Å²) in [4.78, 5) is 37.4. The molecule has 1 unspecified atom stereocenters. The molecule has 0 N–H and O–H groups in total. The molecule has 2 aromatic rings. The Morgan fingerprint density at radius 3 is 2.85 bits per heavy atom. The van der Waals surface area contributed by atoms with Gasteiger partial charge in [0.15, 0.2) is 0 Å². The van der Waals surface area contributed by atoms with E-state index in [2.05, 4.69) is 35.1 Å². The summed E-state index contributed by atoms with van der Waals surface area (Å²) >= 11 is 0. The second-order valence-corrected chi connectivity index (χ2v) is 7.31. The zero-order valence-electron chi connectivity index (χ0n) is 14.9. The van der Waals surface area contributed by atoms with E-state index >= 15 is 0 Å². The van der Waals surface area contributed by atoms with E-state index in [1.54, 1.807) is 11.1 Å². The second-order valence-electron chi connectivity index (χ2n) is 7.31. The fourth-order valence-electron chi connectivity index (χ4n) is 4.07. The van der Waals surface area contributed by atoms with Crippen molar-refractivity contribution in [2.24, 2.45) is 5.41 Å². The molecule has 2 aliphatic rings. The van der Waals surface area contributed by atoms with E-state index in [9.17, 15) is 9.59 Å².